The first kappa shape index (κ1) is 10.6. The maximum absolute atomic E-state index is 11.2. The summed E-state index contributed by atoms with van der Waals surface area (Å²) in [7, 11) is 0. The van der Waals surface area contributed by atoms with E-state index in [1.165, 1.54) is 24.1 Å². The molecule has 1 aromatic carbocycles. The Labute approximate surface area is 102 Å². The van der Waals surface area contributed by atoms with Crippen LogP contribution >= 0.6 is 0 Å². The average Bonchev–Trinajstić information content (AvgIpc) is 3.06. The zero-order chi connectivity index (χ0) is 11.8. The van der Waals surface area contributed by atoms with Crippen LogP contribution in [0.3, 0.4) is 0 Å². The minimum Gasteiger partial charge on any atom is -0.371 e. The molecular formula is C14H18N2O. The van der Waals surface area contributed by atoms with E-state index in [0.29, 0.717) is 0 Å². The first-order valence-corrected chi connectivity index (χ1v) is 6.38. The van der Waals surface area contributed by atoms with E-state index in [1.807, 2.05) is 0 Å². The largest absolute Gasteiger partial charge is 0.371 e. The van der Waals surface area contributed by atoms with Gasteiger partial charge in [-0.2, -0.15) is 0 Å². The van der Waals surface area contributed by atoms with Gasteiger partial charge in [0.2, 0.25) is 5.91 Å². The number of hydrogen-bond acceptors (Lipinski definition) is 2. The van der Waals surface area contributed by atoms with Crippen LogP contribution in [0, 0.1) is 5.92 Å². The molecule has 1 saturated heterocycles. The van der Waals surface area contributed by atoms with Gasteiger partial charge < -0.3 is 10.6 Å². The fraction of sp³-hybridized carbons (Fsp3) is 0.500. The third kappa shape index (κ3) is 2.14. The van der Waals surface area contributed by atoms with Crippen molar-refractivity contribution < 1.29 is 4.79 Å². The third-order valence-corrected chi connectivity index (χ3v) is 3.87. The van der Waals surface area contributed by atoms with Crippen molar-refractivity contribution in [3.05, 3.63) is 29.8 Å². The lowest BCUT2D eigenvalue weighted by Crippen LogP contribution is -2.27. The minimum atomic E-state index is -0.161. The Balaban J connectivity index is 1.76. The van der Waals surface area contributed by atoms with Gasteiger partial charge in [0, 0.05) is 18.8 Å². The normalized spacial score (nSPS) is 24.0. The molecule has 90 valence electrons. The van der Waals surface area contributed by atoms with Gasteiger partial charge in [-0.05, 0) is 42.9 Å². The summed E-state index contributed by atoms with van der Waals surface area (Å²) in [4.78, 5) is 13.4. The van der Waals surface area contributed by atoms with E-state index in [9.17, 15) is 4.79 Å². The van der Waals surface area contributed by atoms with Gasteiger partial charge in [0.15, 0.2) is 0 Å². The van der Waals surface area contributed by atoms with Crippen molar-refractivity contribution in [1.82, 2.24) is 0 Å². The molecule has 1 aromatic rings. The zero-order valence-electron chi connectivity index (χ0n) is 9.93. The highest BCUT2D eigenvalue weighted by atomic mass is 16.1. The molecule has 3 rings (SSSR count). The number of benzene rings is 1. The molecule has 2 aliphatic rings. The van der Waals surface area contributed by atoms with Crippen LogP contribution < -0.4 is 10.6 Å². The maximum atomic E-state index is 11.2. The van der Waals surface area contributed by atoms with E-state index < -0.39 is 0 Å². The summed E-state index contributed by atoms with van der Waals surface area (Å²) in [6.07, 6.45) is 3.55. The molecule has 3 nitrogen and oxygen atoms in total. The van der Waals surface area contributed by atoms with Crippen molar-refractivity contribution in [2.75, 3.05) is 18.0 Å². The standard InChI is InChI=1S/C14H18N2O/c15-14(17)12-6-7-16(9-12)13-3-1-2-11(8-13)10-4-5-10/h1-3,8,10,12H,4-7,9H2,(H2,15,17). The first-order valence-electron chi connectivity index (χ1n) is 6.38. The molecule has 0 radical (unpaired) electrons. The summed E-state index contributed by atoms with van der Waals surface area (Å²) >= 11 is 0. The molecule has 1 aliphatic heterocycles. The summed E-state index contributed by atoms with van der Waals surface area (Å²) in [5, 5.41) is 0. The lowest BCUT2D eigenvalue weighted by Gasteiger charge is -2.19. The van der Waals surface area contributed by atoms with Crippen LogP contribution in [0.15, 0.2) is 24.3 Å². The number of rotatable bonds is 3. The predicted molar refractivity (Wildman–Crippen MR) is 67.9 cm³/mol. The van der Waals surface area contributed by atoms with Crippen molar-refractivity contribution >= 4 is 11.6 Å². The SMILES string of the molecule is NC(=O)C1CCN(c2cccc(C3CC3)c2)C1. The van der Waals surface area contributed by atoms with Crippen molar-refractivity contribution in [2.45, 2.75) is 25.2 Å². The van der Waals surface area contributed by atoms with Gasteiger partial charge in [0.05, 0.1) is 5.92 Å². The summed E-state index contributed by atoms with van der Waals surface area (Å²) < 4.78 is 0. The molecule has 1 saturated carbocycles. The summed E-state index contributed by atoms with van der Waals surface area (Å²) in [5.74, 6) is 0.648. The Morgan fingerprint density at radius 2 is 2.12 bits per heavy atom. The molecule has 1 atom stereocenters. The van der Waals surface area contributed by atoms with Gasteiger partial charge in [-0.1, -0.05) is 12.1 Å². The Bertz CT molecular complexity index is 440. The topological polar surface area (TPSA) is 46.3 Å². The molecule has 0 aromatic heterocycles. The van der Waals surface area contributed by atoms with Crippen molar-refractivity contribution in [1.29, 1.82) is 0 Å². The Morgan fingerprint density at radius 1 is 1.29 bits per heavy atom. The van der Waals surface area contributed by atoms with E-state index in [4.69, 9.17) is 5.73 Å². The van der Waals surface area contributed by atoms with Gasteiger partial charge >= 0.3 is 0 Å². The molecule has 1 unspecified atom stereocenters. The number of amides is 1. The number of hydrogen-bond donors (Lipinski definition) is 1. The first-order chi connectivity index (χ1) is 8.24. The number of nitrogens with zero attached hydrogens (tertiary/aromatic N) is 1. The summed E-state index contributed by atoms with van der Waals surface area (Å²) in [6.45, 7) is 1.73. The molecule has 1 heterocycles. The van der Waals surface area contributed by atoms with E-state index in [-0.39, 0.29) is 11.8 Å². The monoisotopic (exact) mass is 230 g/mol. The van der Waals surface area contributed by atoms with Crippen LogP contribution in [0.4, 0.5) is 5.69 Å². The van der Waals surface area contributed by atoms with E-state index in [0.717, 1.165) is 25.4 Å². The third-order valence-electron chi connectivity index (χ3n) is 3.87. The van der Waals surface area contributed by atoms with Crippen molar-refractivity contribution in [3.8, 4) is 0 Å². The minimum absolute atomic E-state index is 0.0274. The highest BCUT2D eigenvalue weighted by Crippen LogP contribution is 2.41. The number of carbonyl (C=O) groups is 1. The average molecular weight is 230 g/mol. The molecule has 2 fully saturated rings. The fourth-order valence-electron chi connectivity index (χ4n) is 2.62. The second-order valence-corrected chi connectivity index (χ2v) is 5.20. The second-order valence-electron chi connectivity index (χ2n) is 5.20. The second kappa shape index (κ2) is 4.06. The fourth-order valence-corrected chi connectivity index (χ4v) is 2.62. The van der Waals surface area contributed by atoms with Crippen molar-refractivity contribution in [2.24, 2.45) is 11.7 Å². The number of anilines is 1. The van der Waals surface area contributed by atoms with Crippen LogP contribution in [-0.4, -0.2) is 19.0 Å². The number of carbonyl (C=O) groups excluding carboxylic acids is 1. The Kier molecular flexibility index (Phi) is 2.54. The molecule has 2 N–H and O–H groups in total. The molecular weight excluding hydrogens is 212 g/mol. The van der Waals surface area contributed by atoms with Crippen LogP contribution in [0.5, 0.6) is 0 Å². The molecule has 3 heteroatoms. The van der Waals surface area contributed by atoms with E-state index >= 15 is 0 Å². The van der Waals surface area contributed by atoms with Crippen LogP contribution in [0.25, 0.3) is 0 Å². The Morgan fingerprint density at radius 3 is 2.76 bits per heavy atom. The quantitative estimate of drug-likeness (QED) is 0.861. The van der Waals surface area contributed by atoms with Gasteiger partial charge in [-0.15, -0.1) is 0 Å². The number of nitrogens with two attached hydrogens (primary N) is 1. The van der Waals surface area contributed by atoms with Gasteiger partial charge in [0.1, 0.15) is 0 Å². The molecule has 17 heavy (non-hydrogen) atoms. The molecule has 0 spiro atoms. The van der Waals surface area contributed by atoms with Crippen molar-refractivity contribution in [3.63, 3.8) is 0 Å². The lowest BCUT2D eigenvalue weighted by atomic mass is 10.1. The smallest absolute Gasteiger partial charge is 0.222 e. The highest BCUT2D eigenvalue weighted by Gasteiger charge is 2.28. The molecule has 1 amide bonds. The van der Waals surface area contributed by atoms with Crippen LogP contribution in [0.2, 0.25) is 0 Å². The van der Waals surface area contributed by atoms with Crippen LogP contribution in [-0.2, 0) is 4.79 Å². The molecule has 1 aliphatic carbocycles. The lowest BCUT2D eigenvalue weighted by molar-refractivity contribution is -0.121. The van der Waals surface area contributed by atoms with Gasteiger partial charge in [-0.25, -0.2) is 0 Å². The summed E-state index contributed by atoms with van der Waals surface area (Å²) in [6, 6.07) is 8.75. The van der Waals surface area contributed by atoms with Gasteiger partial charge in [0.25, 0.3) is 0 Å². The predicted octanol–water partition coefficient (Wildman–Crippen LogP) is 1.88. The van der Waals surface area contributed by atoms with Gasteiger partial charge in [-0.3, -0.25) is 4.79 Å². The maximum Gasteiger partial charge on any atom is 0.222 e. The van der Waals surface area contributed by atoms with Crippen LogP contribution in [0.1, 0.15) is 30.7 Å². The zero-order valence-corrected chi connectivity index (χ0v) is 9.93. The van der Waals surface area contributed by atoms with E-state index in [2.05, 4.69) is 29.2 Å². The molecule has 0 bridgehead atoms. The summed E-state index contributed by atoms with van der Waals surface area (Å²) in [5.41, 5.74) is 8.06. The highest BCUT2D eigenvalue weighted by molar-refractivity contribution is 5.78. The number of primary amides is 1. The van der Waals surface area contributed by atoms with E-state index in [1.54, 1.807) is 0 Å². The Hall–Kier alpha value is -1.51.